The molecule has 0 fully saturated rings. The van der Waals surface area contributed by atoms with Crippen LogP contribution < -0.4 is 0 Å². The van der Waals surface area contributed by atoms with Crippen molar-refractivity contribution in [2.75, 3.05) is 0 Å². The Balaban J connectivity index is 1.94. The summed E-state index contributed by atoms with van der Waals surface area (Å²) < 4.78 is 15.5. The minimum absolute atomic E-state index is 0.244. The van der Waals surface area contributed by atoms with Crippen molar-refractivity contribution < 1.29 is 4.39 Å². The molecule has 0 aliphatic carbocycles. The van der Waals surface area contributed by atoms with Gasteiger partial charge >= 0.3 is 0 Å². The van der Waals surface area contributed by atoms with Gasteiger partial charge in [0.05, 0.1) is 16.8 Å². The summed E-state index contributed by atoms with van der Waals surface area (Å²) in [6.07, 6.45) is 3.20. The van der Waals surface area contributed by atoms with Crippen LogP contribution in [0.3, 0.4) is 0 Å². The van der Waals surface area contributed by atoms with E-state index in [1.165, 1.54) is 17.0 Å². The minimum atomic E-state index is -0.408. The average molecular weight is 359 g/mol. The highest BCUT2D eigenvalue weighted by atomic mass is 35.5. The molecular formula is C17H12ClFN4S. The Morgan fingerprint density at radius 3 is 2.62 bits per heavy atom. The van der Waals surface area contributed by atoms with Gasteiger partial charge in [-0.3, -0.25) is 0 Å². The number of nitrogens with zero attached hydrogens (tertiary/aromatic N) is 3. The molecule has 0 bridgehead atoms. The van der Waals surface area contributed by atoms with Gasteiger partial charge in [0.25, 0.3) is 0 Å². The average Bonchev–Trinajstić information content (AvgIpc) is 2.95. The van der Waals surface area contributed by atoms with Gasteiger partial charge in [-0.1, -0.05) is 54.1 Å². The molecule has 0 aliphatic heterocycles. The van der Waals surface area contributed by atoms with Crippen LogP contribution in [0.15, 0.2) is 64.7 Å². The number of benzene rings is 2. The zero-order chi connectivity index (χ0) is 16.9. The van der Waals surface area contributed by atoms with Crippen molar-refractivity contribution >= 4 is 36.1 Å². The van der Waals surface area contributed by atoms with Crippen LogP contribution in [0.5, 0.6) is 0 Å². The smallest absolute Gasteiger partial charge is 0.216 e. The fourth-order valence-electron chi connectivity index (χ4n) is 2.07. The van der Waals surface area contributed by atoms with E-state index in [0.29, 0.717) is 10.6 Å². The lowest BCUT2D eigenvalue weighted by Crippen LogP contribution is -1.96. The quantitative estimate of drug-likeness (QED) is 0.534. The summed E-state index contributed by atoms with van der Waals surface area (Å²) in [5.41, 5.74) is 1.24. The normalized spacial score (nSPS) is 12.0. The third-order valence-corrected chi connectivity index (χ3v) is 3.64. The van der Waals surface area contributed by atoms with E-state index in [9.17, 15) is 4.39 Å². The lowest BCUT2D eigenvalue weighted by atomic mass is 10.2. The monoisotopic (exact) mass is 358 g/mol. The van der Waals surface area contributed by atoms with Gasteiger partial charge in [-0.25, -0.2) is 9.49 Å². The first-order valence-corrected chi connectivity index (χ1v) is 7.82. The first kappa shape index (κ1) is 16.3. The van der Waals surface area contributed by atoms with E-state index in [2.05, 4.69) is 15.3 Å². The predicted molar refractivity (Wildman–Crippen MR) is 97.0 cm³/mol. The van der Waals surface area contributed by atoms with Gasteiger partial charge in [-0.05, 0) is 36.0 Å². The summed E-state index contributed by atoms with van der Waals surface area (Å²) in [7, 11) is 0. The molecule has 4 nitrogen and oxygen atoms in total. The van der Waals surface area contributed by atoms with Gasteiger partial charge < -0.3 is 0 Å². The molecule has 120 valence electrons. The third kappa shape index (κ3) is 3.67. The molecule has 0 saturated heterocycles. The number of nitrogens with one attached hydrogen (secondary N) is 1. The molecule has 1 heterocycles. The molecule has 2 aromatic carbocycles. The van der Waals surface area contributed by atoms with E-state index >= 15 is 0 Å². The molecule has 0 amide bonds. The Bertz CT molecular complexity index is 960. The van der Waals surface area contributed by atoms with Gasteiger partial charge in [0, 0.05) is 0 Å². The number of aromatic nitrogens is 3. The van der Waals surface area contributed by atoms with E-state index in [1.807, 2.05) is 30.3 Å². The maximum atomic E-state index is 14.0. The summed E-state index contributed by atoms with van der Waals surface area (Å²) in [4.78, 5) is 0. The number of hydrogen-bond donors (Lipinski definition) is 1. The fraction of sp³-hybridized carbons (Fsp3) is 0. The first-order chi connectivity index (χ1) is 11.6. The van der Waals surface area contributed by atoms with Crippen molar-refractivity contribution in [2.45, 2.75) is 0 Å². The Hall–Kier alpha value is -2.57. The summed E-state index contributed by atoms with van der Waals surface area (Å²) >= 11 is 11.3. The van der Waals surface area contributed by atoms with E-state index in [4.69, 9.17) is 23.8 Å². The van der Waals surface area contributed by atoms with E-state index < -0.39 is 5.82 Å². The first-order valence-electron chi connectivity index (χ1n) is 7.04. The fourth-order valence-corrected chi connectivity index (χ4v) is 2.42. The summed E-state index contributed by atoms with van der Waals surface area (Å²) in [5.74, 6) is -0.132. The zero-order valence-electron chi connectivity index (χ0n) is 12.4. The molecule has 24 heavy (non-hydrogen) atoms. The lowest BCUT2D eigenvalue weighted by Gasteiger charge is -2.02. The predicted octanol–water partition coefficient (Wildman–Crippen LogP) is 4.86. The van der Waals surface area contributed by atoms with Gasteiger partial charge in [-0.2, -0.15) is 14.9 Å². The van der Waals surface area contributed by atoms with Crippen molar-refractivity contribution in [3.05, 3.63) is 75.8 Å². The van der Waals surface area contributed by atoms with Gasteiger partial charge in [0.15, 0.2) is 5.82 Å². The second-order valence-corrected chi connectivity index (χ2v) is 5.65. The molecular weight excluding hydrogens is 347 g/mol. The van der Waals surface area contributed by atoms with Crippen molar-refractivity contribution in [1.29, 1.82) is 0 Å². The molecule has 0 aliphatic rings. The van der Waals surface area contributed by atoms with Gasteiger partial charge in [0.2, 0.25) is 4.77 Å². The summed E-state index contributed by atoms with van der Waals surface area (Å²) in [6, 6.07) is 15.9. The molecule has 3 aromatic rings. The third-order valence-electron chi connectivity index (χ3n) is 3.17. The maximum absolute atomic E-state index is 14.0. The van der Waals surface area contributed by atoms with Crippen LogP contribution in [-0.2, 0) is 0 Å². The van der Waals surface area contributed by atoms with Crippen LogP contribution in [0.2, 0.25) is 0 Å². The maximum Gasteiger partial charge on any atom is 0.216 e. The number of allylic oxidation sites excluding steroid dienone is 1. The number of hydrogen-bond acceptors (Lipinski definition) is 3. The zero-order valence-corrected chi connectivity index (χ0v) is 13.9. The van der Waals surface area contributed by atoms with Crippen LogP contribution in [0.25, 0.3) is 17.5 Å². The number of H-pyrrole nitrogens is 1. The van der Waals surface area contributed by atoms with E-state index in [1.54, 1.807) is 24.3 Å². The molecule has 1 aromatic heterocycles. The Morgan fingerprint density at radius 1 is 1.17 bits per heavy atom. The Labute approximate surface area is 147 Å². The molecule has 1 N–H and O–H groups in total. The summed E-state index contributed by atoms with van der Waals surface area (Å²) in [6.45, 7) is 0. The number of halogens is 2. The standard InChI is InChI=1S/C17H12ClFN4S/c18-13(10-12-6-2-1-3-7-12)11-20-23-16(21-22-17(23)24)14-8-4-5-9-15(14)19/h1-11H,(H,22,24). The largest absolute Gasteiger partial charge is 0.250 e. The van der Waals surface area contributed by atoms with Crippen LogP contribution >= 0.6 is 23.8 Å². The van der Waals surface area contributed by atoms with E-state index in [-0.39, 0.29) is 10.6 Å². The molecule has 0 radical (unpaired) electrons. The summed E-state index contributed by atoms with van der Waals surface area (Å²) in [5, 5.41) is 11.3. The molecule has 0 saturated carbocycles. The SMILES string of the molecule is Fc1ccccc1-c1n[nH]c(=S)n1N=CC(Cl)=Cc1ccccc1. The van der Waals surface area contributed by atoms with Crippen LogP contribution in [-0.4, -0.2) is 21.1 Å². The van der Waals surface area contributed by atoms with Crippen molar-refractivity contribution in [3.63, 3.8) is 0 Å². The van der Waals surface area contributed by atoms with Crippen molar-refractivity contribution in [2.24, 2.45) is 5.10 Å². The lowest BCUT2D eigenvalue weighted by molar-refractivity contribution is 0.628. The van der Waals surface area contributed by atoms with Crippen molar-refractivity contribution in [1.82, 2.24) is 14.9 Å². The highest BCUT2D eigenvalue weighted by Gasteiger charge is 2.12. The van der Waals surface area contributed by atoms with Crippen molar-refractivity contribution in [3.8, 4) is 11.4 Å². The molecule has 0 spiro atoms. The second-order valence-electron chi connectivity index (χ2n) is 4.83. The van der Waals surface area contributed by atoms with Gasteiger partial charge in [-0.15, -0.1) is 0 Å². The molecule has 0 unspecified atom stereocenters. The second kappa shape index (κ2) is 7.33. The molecule has 3 rings (SSSR count). The molecule has 0 atom stereocenters. The van der Waals surface area contributed by atoms with E-state index in [0.717, 1.165) is 5.56 Å². The highest BCUT2D eigenvalue weighted by Crippen LogP contribution is 2.20. The Morgan fingerprint density at radius 2 is 1.88 bits per heavy atom. The Kier molecular flexibility index (Phi) is 4.98. The minimum Gasteiger partial charge on any atom is -0.250 e. The topological polar surface area (TPSA) is 46.0 Å². The number of rotatable bonds is 4. The van der Waals surface area contributed by atoms with Gasteiger partial charge in [0.1, 0.15) is 5.82 Å². The molecule has 7 heteroatoms. The number of aromatic amines is 1. The van der Waals surface area contributed by atoms with Crippen LogP contribution in [0, 0.1) is 10.6 Å². The van der Waals surface area contributed by atoms with Crippen LogP contribution in [0.4, 0.5) is 4.39 Å². The highest BCUT2D eigenvalue weighted by molar-refractivity contribution is 7.71. The van der Waals surface area contributed by atoms with Crippen LogP contribution in [0.1, 0.15) is 5.56 Å².